The van der Waals surface area contributed by atoms with E-state index in [-0.39, 0.29) is 23.8 Å². The zero-order chi connectivity index (χ0) is 32.8. The quantitative estimate of drug-likeness (QED) is 0.163. The van der Waals surface area contributed by atoms with Crippen molar-refractivity contribution in [1.29, 1.82) is 0 Å². The molecule has 1 heterocycles. The van der Waals surface area contributed by atoms with E-state index < -0.39 is 6.04 Å². The normalized spacial score (nSPS) is 11.7. The lowest BCUT2D eigenvalue weighted by atomic mass is 9.96. The molecule has 0 radical (unpaired) electrons. The van der Waals surface area contributed by atoms with E-state index in [9.17, 15) is 14.4 Å². The van der Waals surface area contributed by atoms with Gasteiger partial charge < -0.3 is 10.2 Å². The Morgan fingerprint density at radius 2 is 1.35 bits per heavy atom. The molecule has 7 nitrogen and oxygen atoms in total. The van der Waals surface area contributed by atoms with Crippen LogP contribution in [0.5, 0.6) is 0 Å². The number of hydrogen-bond donors (Lipinski definition) is 2. The van der Waals surface area contributed by atoms with E-state index >= 15 is 0 Å². The van der Waals surface area contributed by atoms with Gasteiger partial charge in [0.1, 0.15) is 6.04 Å². The minimum absolute atomic E-state index is 0.0145. The van der Waals surface area contributed by atoms with Gasteiger partial charge in [0.2, 0.25) is 5.91 Å². The molecule has 4 aromatic carbocycles. The Hall–Kier alpha value is -5.08. The summed E-state index contributed by atoms with van der Waals surface area (Å²) in [5.41, 5.74) is 6.27. The lowest BCUT2D eigenvalue weighted by Crippen LogP contribution is -2.43. The Morgan fingerprint density at radius 3 is 2.00 bits per heavy atom. The minimum atomic E-state index is -0.810. The van der Waals surface area contributed by atoms with E-state index in [1.54, 1.807) is 24.1 Å². The molecule has 46 heavy (non-hydrogen) atoms. The van der Waals surface area contributed by atoms with Crippen molar-refractivity contribution >= 4 is 34.2 Å². The first kappa shape index (κ1) is 32.3. The highest BCUT2D eigenvalue weighted by molar-refractivity contribution is 7.14. The fraction of sp³-hybridized carbons (Fsp3) is 0.211. The number of carbonyl (C=O) groups excluding carboxylic acids is 3. The number of hydrogen-bond acceptors (Lipinski definition) is 5. The number of aromatic nitrogens is 1. The van der Waals surface area contributed by atoms with Gasteiger partial charge in [-0.1, -0.05) is 98.8 Å². The van der Waals surface area contributed by atoms with Crippen LogP contribution in [0.2, 0.25) is 0 Å². The second-order valence-corrected chi connectivity index (χ2v) is 12.6. The molecule has 0 saturated heterocycles. The van der Waals surface area contributed by atoms with E-state index in [1.165, 1.54) is 16.9 Å². The maximum Gasteiger partial charge on any atom is 0.258 e. The van der Waals surface area contributed by atoms with Crippen LogP contribution in [0.25, 0.3) is 22.4 Å². The van der Waals surface area contributed by atoms with Crippen LogP contribution < -0.4 is 10.6 Å². The second kappa shape index (κ2) is 14.3. The molecule has 0 saturated carbocycles. The number of anilines is 1. The molecule has 1 aromatic heterocycles. The molecule has 8 heteroatoms. The van der Waals surface area contributed by atoms with Crippen LogP contribution in [-0.2, 0) is 4.79 Å². The Kier molecular flexibility index (Phi) is 10.1. The zero-order valence-corrected chi connectivity index (χ0v) is 27.5. The summed E-state index contributed by atoms with van der Waals surface area (Å²) in [5.74, 6) is -0.342. The van der Waals surface area contributed by atoms with Crippen molar-refractivity contribution in [1.82, 2.24) is 15.2 Å². The molecule has 0 aliphatic rings. The smallest absolute Gasteiger partial charge is 0.258 e. The van der Waals surface area contributed by atoms with E-state index in [1.807, 2.05) is 86.0 Å². The van der Waals surface area contributed by atoms with Crippen LogP contribution in [0.15, 0.2) is 109 Å². The molecular weight excluding hydrogens is 593 g/mol. The topological polar surface area (TPSA) is 91.4 Å². The summed E-state index contributed by atoms with van der Waals surface area (Å²) in [6.07, 6.45) is 0. The Bertz CT molecular complexity index is 1810. The standard InChI is InChI=1S/C38H38N4O3S/c1-24(2)26-15-17-27(18-16-26)31-13-9-10-14-32(31)36(44)41-38-39-33(23-46-38)28-19-21-30(22-20-28)35(43)40-34(29-11-7-6-8-12-29)37(45)42(5)25(3)4/h6-25,34H,1-5H3,(H,40,43)(H,39,41,44)/t34-/m0/s1. The van der Waals surface area contributed by atoms with Gasteiger partial charge in [0.05, 0.1) is 5.69 Å². The summed E-state index contributed by atoms with van der Waals surface area (Å²) in [6, 6.07) is 31.3. The van der Waals surface area contributed by atoms with Crippen molar-refractivity contribution in [3.63, 3.8) is 0 Å². The molecule has 234 valence electrons. The summed E-state index contributed by atoms with van der Waals surface area (Å²) >= 11 is 1.33. The van der Waals surface area contributed by atoms with Crippen LogP contribution in [0.3, 0.4) is 0 Å². The van der Waals surface area contributed by atoms with Crippen LogP contribution in [0, 0.1) is 0 Å². The number of rotatable bonds is 10. The maximum atomic E-state index is 13.4. The van der Waals surface area contributed by atoms with E-state index in [0.29, 0.717) is 33.4 Å². The van der Waals surface area contributed by atoms with Gasteiger partial charge in [0.25, 0.3) is 11.8 Å². The lowest BCUT2D eigenvalue weighted by molar-refractivity contribution is -0.133. The predicted molar refractivity (Wildman–Crippen MR) is 186 cm³/mol. The average Bonchev–Trinajstić information content (AvgIpc) is 3.55. The molecule has 0 spiro atoms. The van der Waals surface area contributed by atoms with Gasteiger partial charge in [0.15, 0.2) is 5.13 Å². The van der Waals surface area contributed by atoms with Crippen molar-refractivity contribution in [2.24, 2.45) is 0 Å². The highest BCUT2D eigenvalue weighted by Gasteiger charge is 2.27. The maximum absolute atomic E-state index is 13.4. The highest BCUT2D eigenvalue weighted by atomic mass is 32.1. The molecule has 0 unspecified atom stereocenters. The van der Waals surface area contributed by atoms with Gasteiger partial charge in [-0.2, -0.15) is 0 Å². The van der Waals surface area contributed by atoms with E-state index in [0.717, 1.165) is 16.7 Å². The Balaban J connectivity index is 1.28. The summed E-state index contributed by atoms with van der Waals surface area (Å²) < 4.78 is 0. The molecule has 0 bridgehead atoms. The number of nitrogens with one attached hydrogen (secondary N) is 2. The minimum Gasteiger partial charge on any atom is -0.341 e. The van der Waals surface area contributed by atoms with Gasteiger partial charge in [-0.15, -0.1) is 11.3 Å². The monoisotopic (exact) mass is 630 g/mol. The molecule has 3 amide bonds. The molecule has 0 aliphatic heterocycles. The summed E-state index contributed by atoms with van der Waals surface area (Å²) in [4.78, 5) is 46.1. The van der Waals surface area contributed by atoms with Crippen molar-refractivity contribution in [3.05, 3.63) is 131 Å². The second-order valence-electron chi connectivity index (χ2n) is 11.8. The lowest BCUT2D eigenvalue weighted by Gasteiger charge is -2.27. The fourth-order valence-electron chi connectivity index (χ4n) is 5.01. The van der Waals surface area contributed by atoms with E-state index in [4.69, 9.17) is 0 Å². The van der Waals surface area contributed by atoms with Gasteiger partial charge in [-0.25, -0.2) is 4.98 Å². The number of likely N-dealkylation sites (N-methyl/N-ethyl adjacent to an activating group) is 1. The van der Waals surface area contributed by atoms with E-state index in [2.05, 4.69) is 53.7 Å². The number of nitrogens with zero attached hydrogens (tertiary/aromatic N) is 2. The van der Waals surface area contributed by atoms with Crippen molar-refractivity contribution in [2.75, 3.05) is 12.4 Å². The zero-order valence-electron chi connectivity index (χ0n) is 26.7. The third-order valence-electron chi connectivity index (χ3n) is 8.01. The molecular formula is C38H38N4O3S. The summed E-state index contributed by atoms with van der Waals surface area (Å²) in [6.45, 7) is 8.18. The Labute approximate surface area is 274 Å². The highest BCUT2D eigenvalue weighted by Crippen LogP contribution is 2.29. The number of carbonyl (C=O) groups is 3. The molecule has 1 atom stereocenters. The van der Waals surface area contributed by atoms with Crippen LogP contribution in [0.1, 0.15) is 71.5 Å². The molecule has 0 aliphatic carbocycles. The van der Waals surface area contributed by atoms with Crippen molar-refractivity contribution in [3.8, 4) is 22.4 Å². The molecule has 0 fully saturated rings. The Morgan fingerprint density at radius 1 is 0.717 bits per heavy atom. The first-order valence-electron chi connectivity index (χ1n) is 15.3. The SMILES string of the molecule is CC(C)c1ccc(-c2ccccc2C(=O)Nc2nc(-c3ccc(C(=O)N[C@H](C(=O)N(C)C(C)C)c4ccccc4)cc3)cs2)cc1. The van der Waals surface area contributed by atoms with Gasteiger partial charge >= 0.3 is 0 Å². The van der Waals surface area contributed by atoms with Crippen LogP contribution in [-0.4, -0.2) is 40.7 Å². The fourth-order valence-corrected chi connectivity index (χ4v) is 5.72. The number of thiazole rings is 1. The average molecular weight is 631 g/mol. The van der Waals surface area contributed by atoms with Crippen molar-refractivity contribution in [2.45, 2.75) is 45.7 Å². The number of benzene rings is 4. The predicted octanol–water partition coefficient (Wildman–Crippen LogP) is 8.19. The van der Waals surface area contributed by atoms with Crippen molar-refractivity contribution < 1.29 is 14.4 Å². The van der Waals surface area contributed by atoms with Gasteiger partial charge in [-0.05, 0) is 60.2 Å². The summed E-state index contributed by atoms with van der Waals surface area (Å²) in [5, 5.41) is 8.21. The van der Waals surface area contributed by atoms with Gasteiger partial charge in [-0.3, -0.25) is 19.7 Å². The third kappa shape index (κ3) is 7.41. The molecule has 2 N–H and O–H groups in total. The first-order valence-corrected chi connectivity index (χ1v) is 16.2. The first-order chi connectivity index (χ1) is 22.1. The molecule has 5 rings (SSSR count). The van der Waals surface area contributed by atoms with Gasteiger partial charge in [0, 0.05) is 35.2 Å². The largest absolute Gasteiger partial charge is 0.341 e. The molecule has 5 aromatic rings. The third-order valence-corrected chi connectivity index (χ3v) is 8.76. The number of amides is 3. The van der Waals surface area contributed by atoms with Crippen LogP contribution in [0.4, 0.5) is 5.13 Å². The summed E-state index contributed by atoms with van der Waals surface area (Å²) in [7, 11) is 1.73. The van der Waals surface area contributed by atoms with Crippen LogP contribution >= 0.6 is 11.3 Å².